The van der Waals surface area contributed by atoms with E-state index in [-0.39, 0.29) is 0 Å². The largest absolute Gasteiger partial charge is 0.364 e. The van der Waals surface area contributed by atoms with E-state index in [1.54, 1.807) is 5.57 Å². The van der Waals surface area contributed by atoms with Gasteiger partial charge >= 0.3 is 0 Å². The van der Waals surface area contributed by atoms with Crippen molar-refractivity contribution in [2.45, 2.75) is 19.8 Å². The number of anilines is 1. The SMILES string of the molecule is CC1CC=CC2=C1CCN(c1cnn(C)c1)C2. The summed E-state index contributed by atoms with van der Waals surface area (Å²) in [6.07, 6.45) is 11.1. The molecule has 0 spiro atoms. The van der Waals surface area contributed by atoms with Gasteiger partial charge in [-0.3, -0.25) is 4.68 Å². The van der Waals surface area contributed by atoms with E-state index in [2.05, 4.69) is 35.3 Å². The van der Waals surface area contributed by atoms with E-state index in [0.717, 1.165) is 19.0 Å². The third-order valence-electron chi connectivity index (χ3n) is 3.88. The molecule has 1 atom stereocenters. The molecule has 2 heterocycles. The summed E-state index contributed by atoms with van der Waals surface area (Å²) >= 11 is 0. The fourth-order valence-electron chi connectivity index (χ4n) is 2.87. The van der Waals surface area contributed by atoms with Gasteiger partial charge < -0.3 is 4.90 Å². The Morgan fingerprint density at radius 1 is 1.41 bits per heavy atom. The Labute approximate surface area is 102 Å². The Hall–Kier alpha value is -1.51. The molecule has 0 N–H and O–H groups in total. The number of aryl methyl sites for hydroxylation is 1. The summed E-state index contributed by atoms with van der Waals surface area (Å²) in [6.45, 7) is 4.52. The summed E-state index contributed by atoms with van der Waals surface area (Å²) in [5.41, 5.74) is 4.44. The van der Waals surface area contributed by atoms with E-state index in [1.807, 2.05) is 17.9 Å². The van der Waals surface area contributed by atoms with E-state index in [0.29, 0.717) is 0 Å². The summed E-state index contributed by atoms with van der Waals surface area (Å²) in [7, 11) is 1.97. The fraction of sp³-hybridized carbons (Fsp3) is 0.500. The molecule has 17 heavy (non-hydrogen) atoms. The Morgan fingerprint density at radius 3 is 3.06 bits per heavy atom. The molecule has 0 radical (unpaired) electrons. The van der Waals surface area contributed by atoms with Crippen LogP contribution in [0, 0.1) is 5.92 Å². The van der Waals surface area contributed by atoms with Crippen LogP contribution in [0.4, 0.5) is 5.69 Å². The van der Waals surface area contributed by atoms with Crippen LogP contribution in [0.5, 0.6) is 0 Å². The first-order chi connectivity index (χ1) is 8.24. The smallest absolute Gasteiger partial charge is 0.0755 e. The molecule has 0 aromatic carbocycles. The molecule has 0 saturated carbocycles. The molecule has 3 heteroatoms. The first kappa shape index (κ1) is 10.6. The van der Waals surface area contributed by atoms with Crippen molar-refractivity contribution in [1.29, 1.82) is 0 Å². The van der Waals surface area contributed by atoms with Crippen LogP contribution in [0.25, 0.3) is 0 Å². The molecule has 2 aliphatic rings. The second kappa shape index (κ2) is 4.06. The normalized spacial score (nSPS) is 24.1. The summed E-state index contributed by atoms with van der Waals surface area (Å²) in [5.74, 6) is 0.742. The highest BCUT2D eigenvalue weighted by atomic mass is 15.3. The van der Waals surface area contributed by atoms with Crippen LogP contribution in [0.1, 0.15) is 19.8 Å². The van der Waals surface area contributed by atoms with E-state index in [9.17, 15) is 0 Å². The molecule has 1 aromatic rings. The van der Waals surface area contributed by atoms with Crippen molar-refractivity contribution in [2.75, 3.05) is 18.0 Å². The lowest BCUT2D eigenvalue weighted by atomic mass is 9.84. The van der Waals surface area contributed by atoms with Gasteiger partial charge in [0.1, 0.15) is 0 Å². The Bertz CT molecular complexity index is 481. The van der Waals surface area contributed by atoms with Gasteiger partial charge in [0, 0.05) is 26.3 Å². The lowest BCUT2D eigenvalue weighted by Gasteiger charge is -2.34. The molecular formula is C14H19N3. The average Bonchev–Trinajstić information content (AvgIpc) is 2.76. The maximum Gasteiger partial charge on any atom is 0.0755 e. The minimum Gasteiger partial charge on any atom is -0.364 e. The molecule has 0 saturated heterocycles. The molecule has 1 unspecified atom stereocenters. The predicted molar refractivity (Wildman–Crippen MR) is 70.0 cm³/mol. The highest BCUT2D eigenvalue weighted by Gasteiger charge is 2.23. The van der Waals surface area contributed by atoms with Gasteiger partial charge in [-0.1, -0.05) is 24.6 Å². The molecule has 1 aromatic heterocycles. The van der Waals surface area contributed by atoms with Crippen molar-refractivity contribution in [3.05, 3.63) is 35.7 Å². The second-order valence-corrected chi connectivity index (χ2v) is 5.13. The molecule has 90 valence electrons. The van der Waals surface area contributed by atoms with Gasteiger partial charge in [0.15, 0.2) is 0 Å². The van der Waals surface area contributed by atoms with Crippen LogP contribution in [-0.2, 0) is 7.05 Å². The lowest BCUT2D eigenvalue weighted by Crippen LogP contribution is -2.33. The number of nitrogens with zero attached hydrogens (tertiary/aromatic N) is 3. The summed E-state index contributed by atoms with van der Waals surface area (Å²) in [5, 5.41) is 4.25. The fourth-order valence-corrected chi connectivity index (χ4v) is 2.87. The zero-order valence-corrected chi connectivity index (χ0v) is 10.6. The van der Waals surface area contributed by atoms with Crippen LogP contribution < -0.4 is 4.90 Å². The standard InChI is InChI=1S/C14H19N3/c1-11-4-3-5-12-9-17(7-6-14(11)12)13-8-15-16(2)10-13/h3,5,8,10-11H,4,6-7,9H2,1-2H3. The van der Waals surface area contributed by atoms with Gasteiger partial charge in [0.2, 0.25) is 0 Å². The highest BCUT2D eigenvalue weighted by Crippen LogP contribution is 2.32. The second-order valence-electron chi connectivity index (χ2n) is 5.13. The zero-order valence-electron chi connectivity index (χ0n) is 10.6. The van der Waals surface area contributed by atoms with Crippen molar-refractivity contribution in [2.24, 2.45) is 13.0 Å². The lowest BCUT2D eigenvalue weighted by molar-refractivity contribution is 0.605. The van der Waals surface area contributed by atoms with Gasteiger partial charge in [-0.25, -0.2) is 0 Å². The van der Waals surface area contributed by atoms with E-state index >= 15 is 0 Å². The quantitative estimate of drug-likeness (QED) is 0.738. The van der Waals surface area contributed by atoms with E-state index in [1.165, 1.54) is 24.1 Å². The summed E-state index contributed by atoms with van der Waals surface area (Å²) < 4.78 is 1.87. The Morgan fingerprint density at radius 2 is 2.29 bits per heavy atom. The minimum absolute atomic E-state index is 0.742. The highest BCUT2D eigenvalue weighted by molar-refractivity contribution is 5.49. The zero-order chi connectivity index (χ0) is 11.8. The van der Waals surface area contributed by atoms with E-state index in [4.69, 9.17) is 0 Å². The van der Waals surface area contributed by atoms with Crippen molar-refractivity contribution in [3.63, 3.8) is 0 Å². The molecule has 1 aliphatic heterocycles. The Balaban J connectivity index is 1.84. The maximum absolute atomic E-state index is 4.25. The van der Waals surface area contributed by atoms with E-state index < -0.39 is 0 Å². The molecule has 0 bridgehead atoms. The third-order valence-corrected chi connectivity index (χ3v) is 3.88. The number of hydrogen-bond donors (Lipinski definition) is 0. The molecular weight excluding hydrogens is 210 g/mol. The first-order valence-electron chi connectivity index (χ1n) is 6.36. The first-order valence-corrected chi connectivity index (χ1v) is 6.36. The van der Waals surface area contributed by atoms with Gasteiger partial charge in [-0.15, -0.1) is 0 Å². The van der Waals surface area contributed by atoms with Crippen molar-refractivity contribution < 1.29 is 0 Å². The molecule has 3 nitrogen and oxygen atoms in total. The Kier molecular flexibility index (Phi) is 2.54. The maximum atomic E-state index is 4.25. The monoisotopic (exact) mass is 229 g/mol. The molecule has 0 fully saturated rings. The van der Waals surface area contributed by atoms with Crippen molar-refractivity contribution in [1.82, 2.24) is 9.78 Å². The van der Waals surface area contributed by atoms with Gasteiger partial charge in [-0.05, 0) is 24.3 Å². The van der Waals surface area contributed by atoms with Crippen LogP contribution in [0.2, 0.25) is 0 Å². The predicted octanol–water partition coefficient (Wildman–Crippen LogP) is 2.52. The third kappa shape index (κ3) is 1.90. The van der Waals surface area contributed by atoms with Gasteiger partial charge in [0.25, 0.3) is 0 Å². The molecule has 1 aliphatic carbocycles. The number of allylic oxidation sites excluding steroid dienone is 1. The van der Waals surface area contributed by atoms with Gasteiger partial charge in [-0.2, -0.15) is 5.10 Å². The molecule has 3 rings (SSSR count). The van der Waals surface area contributed by atoms with Crippen molar-refractivity contribution in [3.8, 4) is 0 Å². The topological polar surface area (TPSA) is 21.1 Å². The average molecular weight is 229 g/mol. The van der Waals surface area contributed by atoms with Gasteiger partial charge in [0.05, 0.1) is 11.9 Å². The minimum atomic E-state index is 0.742. The molecule has 0 amide bonds. The summed E-state index contributed by atoms with van der Waals surface area (Å²) in [4.78, 5) is 2.42. The van der Waals surface area contributed by atoms with Crippen LogP contribution in [0.3, 0.4) is 0 Å². The number of hydrogen-bond acceptors (Lipinski definition) is 2. The number of rotatable bonds is 1. The van der Waals surface area contributed by atoms with Crippen LogP contribution in [0.15, 0.2) is 35.7 Å². The van der Waals surface area contributed by atoms with Crippen LogP contribution >= 0.6 is 0 Å². The summed E-state index contributed by atoms with van der Waals surface area (Å²) in [6, 6.07) is 0. The van der Waals surface area contributed by atoms with Crippen molar-refractivity contribution >= 4 is 5.69 Å². The number of aromatic nitrogens is 2. The van der Waals surface area contributed by atoms with Crippen LogP contribution in [-0.4, -0.2) is 22.9 Å².